The Kier molecular flexibility index (Phi) is 2.69. The Hall–Kier alpha value is 0.140. The van der Waals surface area contributed by atoms with E-state index in [2.05, 4.69) is 5.92 Å². The van der Waals surface area contributed by atoms with Crippen LogP contribution in [0.15, 0.2) is 0 Å². The molecule has 3 heteroatoms. The van der Waals surface area contributed by atoms with Crippen LogP contribution >= 0.6 is 18.4 Å². The molecule has 0 saturated carbocycles. The molecule has 0 aromatic rings. The van der Waals surface area contributed by atoms with E-state index in [9.17, 15) is 4.57 Å². The summed E-state index contributed by atoms with van der Waals surface area (Å²) in [4.78, 5) is 0. The van der Waals surface area contributed by atoms with Gasteiger partial charge in [0.15, 0.2) is 0 Å². The second-order valence-corrected chi connectivity index (χ2v) is 6.18. The smallest absolute Gasteiger partial charge is 0.127 e. The molecular weight excluding hydrogens is 151 g/mol. The van der Waals surface area contributed by atoms with Crippen molar-refractivity contribution in [1.82, 2.24) is 0 Å². The predicted molar refractivity (Wildman–Crippen MR) is 43.3 cm³/mol. The van der Waals surface area contributed by atoms with Gasteiger partial charge in [-0.15, -0.1) is 12.3 Å². The van der Waals surface area contributed by atoms with Gasteiger partial charge in [-0.2, -0.15) is 0 Å². The highest BCUT2D eigenvalue weighted by Crippen LogP contribution is 2.44. The molecule has 1 rings (SSSR count). The zero-order valence-electron chi connectivity index (χ0n) is 5.09. The Morgan fingerprint density at radius 3 is 3.00 bits per heavy atom. The van der Waals surface area contributed by atoms with E-state index in [4.69, 9.17) is 6.42 Å². The van der Waals surface area contributed by atoms with E-state index in [1.54, 1.807) is 11.4 Å². The lowest BCUT2D eigenvalue weighted by Crippen LogP contribution is -2.05. The minimum absolute atomic E-state index is 0.387. The monoisotopic (exact) mass is 160 g/mol. The Labute approximate surface area is 60.1 Å². The lowest BCUT2D eigenvalue weighted by atomic mass is 10.1. The highest BCUT2D eigenvalue weighted by atomic mass is 32.7. The van der Waals surface area contributed by atoms with Gasteiger partial charge in [-0.3, -0.25) is 0 Å². The molecule has 1 nitrogen and oxygen atoms in total. The Bertz CT molecular complexity index is 151. The van der Waals surface area contributed by atoms with Crippen molar-refractivity contribution in [2.45, 2.75) is 6.42 Å². The zero-order valence-corrected chi connectivity index (χ0v) is 6.91. The molecule has 1 heterocycles. The third-order valence-corrected chi connectivity index (χ3v) is 5.04. The molecule has 0 spiro atoms. The van der Waals surface area contributed by atoms with E-state index in [1.807, 2.05) is 0 Å². The highest BCUT2D eigenvalue weighted by molar-refractivity contribution is 8.51. The summed E-state index contributed by atoms with van der Waals surface area (Å²) in [7, 11) is -1.26. The van der Waals surface area contributed by atoms with Gasteiger partial charge in [-0.05, 0) is 6.42 Å². The van der Waals surface area contributed by atoms with Crippen molar-refractivity contribution in [2.24, 2.45) is 5.92 Å². The van der Waals surface area contributed by atoms with Crippen LogP contribution in [0, 0.1) is 18.3 Å². The SMILES string of the molecule is C#CC1CC[PH](=O)SC1. The van der Waals surface area contributed by atoms with Crippen molar-refractivity contribution >= 4 is 18.4 Å². The molecule has 0 amide bonds. The molecule has 2 unspecified atom stereocenters. The van der Waals surface area contributed by atoms with Crippen LogP contribution in [-0.2, 0) is 4.57 Å². The van der Waals surface area contributed by atoms with Gasteiger partial charge >= 0.3 is 0 Å². The molecule has 0 bridgehead atoms. The molecule has 1 saturated heterocycles. The van der Waals surface area contributed by atoms with Crippen LogP contribution in [0.25, 0.3) is 0 Å². The number of hydrogen-bond donors (Lipinski definition) is 0. The van der Waals surface area contributed by atoms with Crippen LogP contribution in [0.3, 0.4) is 0 Å². The maximum Gasteiger partial charge on any atom is 0.127 e. The largest absolute Gasteiger partial charge is 0.315 e. The first kappa shape index (κ1) is 7.25. The minimum atomic E-state index is -1.26. The molecule has 1 fully saturated rings. The molecule has 2 atom stereocenters. The molecule has 50 valence electrons. The van der Waals surface area contributed by atoms with Crippen molar-refractivity contribution in [2.75, 3.05) is 11.9 Å². The van der Waals surface area contributed by atoms with Gasteiger partial charge in [0.2, 0.25) is 0 Å². The molecule has 0 radical (unpaired) electrons. The first-order valence-corrected chi connectivity index (χ1v) is 6.27. The third-order valence-electron chi connectivity index (χ3n) is 1.38. The summed E-state index contributed by atoms with van der Waals surface area (Å²) in [6, 6.07) is 0. The maximum atomic E-state index is 10.8. The molecule has 0 N–H and O–H groups in total. The second-order valence-electron chi connectivity index (χ2n) is 2.09. The topological polar surface area (TPSA) is 17.1 Å². The number of rotatable bonds is 0. The Morgan fingerprint density at radius 2 is 2.56 bits per heavy atom. The fourth-order valence-electron chi connectivity index (χ4n) is 0.773. The van der Waals surface area contributed by atoms with Crippen molar-refractivity contribution in [1.29, 1.82) is 0 Å². The van der Waals surface area contributed by atoms with Crippen molar-refractivity contribution in [3.05, 3.63) is 0 Å². The van der Waals surface area contributed by atoms with Crippen LogP contribution in [-0.4, -0.2) is 11.9 Å². The molecule has 0 aromatic carbocycles. The van der Waals surface area contributed by atoms with Gasteiger partial charge in [-0.1, -0.05) is 11.4 Å². The fourth-order valence-corrected chi connectivity index (χ4v) is 4.10. The summed E-state index contributed by atoms with van der Waals surface area (Å²) in [6.07, 6.45) is 7.02. The minimum Gasteiger partial charge on any atom is -0.315 e. The molecular formula is C6H9OPS. The van der Waals surface area contributed by atoms with Gasteiger partial charge in [-0.25, -0.2) is 0 Å². The van der Waals surface area contributed by atoms with Gasteiger partial charge in [0.05, 0.1) is 0 Å². The second kappa shape index (κ2) is 3.34. The normalized spacial score (nSPS) is 35.4. The molecule has 0 aliphatic carbocycles. The Balaban J connectivity index is 2.37. The van der Waals surface area contributed by atoms with Crippen LogP contribution in [0.1, 0.15) is 6.42 Å². The predicted octanol–water partition coefficient (Wildman–Crippen LogP) is 1.85. The number of hydrogen-bond acceptors (Lipinski definition) is 2. The summed E-state index contributed by atoms with van der Waals surface area (Å²) < 4.78 is 10.8. The van der Waals surface area contributed by atoms with Gasteiger partial charge in [0.1, 0.15) is 7.00 Å². The van der Waals surface area contributed by atoms with E-state index < -0.39 is 7.00 Å². The van der Waals surface area contributed by atoms with Crippen molar-refractivity contribution < 1.29 is 4.57 Å². The average molecular weight is 160 g/mol. The first-order chi connectivity index (χ1) is 4.33. The number of terminal acetylenes is 1. The average Bonchev–Trinajstić information content (AvgIpc) is 1.90. The molecule has 9 heavy (non-hydrogen) atoms. The fraction of sp³-hybridized carbons (Fsp3) is 0.667. The summed E-state index contributed by atoms with van der Waals surface area (Å²) in [5.74, 6) is 3.98. The quantitative estimate of drug-likeness (QED) is 0.397. The molecule has 1 aliphatic heterocycles. The third kappa shape index (κ3) is 2.08. The molecule has 0 aromatic heterocycles. The van der Waals surface area contributed by atoms with Crippen LogP contribution in [0.4, 0.5) is 0 Å². The standard InChI is InChI=1S/C6H9OPS/c1-2-6-3-4-8(7)9-5-6/h1,6,8H,3-5H2. The lowest BCUT2D eigenvalue weighted by molar-refractivity contribution is 0.589. The first-order valence-electron chi connectivity index (χ1n) is 2.94. The summed E-state index contributed by atoms with van der Waals surface area (Å²) >= 11 is 1.55. The van der Waals surface area contributed by atoms with Crippen LogP contribution in [0.5, 0.6) is 0 Å². The van der Waals surface area contributed by atoms with Crippen LogP contribution in [0.2, 0.25) is 0 Å². The summed E-state index contributed by atoms with van der Waals surface area (Å²) in [6.45, 7) is 0. The van der Waals surface area contributed by atoms with E-state index in [0.29, 0.717) is 5.92 Å². The van der Waals surface area contributed by atoms with Crippen LogP contribution < -0.4 is 0 Å². The van der Waals surface area contributed by atoms with Crippen molar-refractivity contribution in [3.8, 4) is 12.3 Å². The lowest BCUT2D eigenvalue weighted by Gasteiger charge is -2.14. The van der Waals surface area contributed by atoms with E-state index in [0.717, 1.165) is 18.3 Å². The van der Waals surface area contributed by atoms with Gasteiger partial charge in [0.25, 0.3) is 0 Å². The van der Waals surface area contributed by atoms with E-state index in [-0.39, 0.29) is 0 Å². The maximum absolute atomic E-state index is 10.8. The highest BCUT2D eigenvalue weighted by Gasteiger charge is 2.15. The van der Waals surface area contributed by atoms with Crippen molar-refractivity contribution in [3.63, 3.8) is 0 Å². The summed E-state index contributed by atoms with van der Waals surface area (Å²) in [5, 5.41) is 0. The van der Waals surface area contributed by atoms with Gasteiger partial charge in [0, 0.05) is 17.8 Å². The Morgan fingerprint density at radius 1 is 1.78 bits per heavy atom. The van der Waals surface area contributed by atoms with E-state index >= 15 is 0 Å². The summed E-state index contributed by atoms with van der Waals surface area (Å²) in [5.41, 5.74) is 0. The van der Waals surface area contributed by atoms with E-state index in [1.165, 1.54) is 0 Å². The van der Waals surface area contributed by atoms with Gasteiger partial charge < -0.3 is 4.57 Å². The molecule has 1 aliphatic rings. The zero-order chi connectivity index (χ0) is 6.69.